The topological polar surface area (TPSA) is 53.0 Å². The Morgan fingerprint density at radius 3 is 2.78 bits per heavy atom. The molecule has 1 N–H and O–H groups in total. The molecular formula is C17H25ClN2O3. The lowest BCUT2D eigenvalue weighted by molar-refractivity contribution is -0.133. The van der Waals surface area contributed by atoms with Gasteiger partial charge in [-0.25, -0.2) is 0 Å². The van der Waals surface area contributed by atoms with Gasteiger partial charge in [0.05, 0.1) is 13.2 Å². The molecule has 0 aromatic heterocycles. The van der Waals surface area contributed by atoms with E-state index in [0.29, 0.717) is 19.6 Å². The molecule has 1 aliphatic carbocycles. The third kappa shape index (κ3) is 4.83. The van der Waals surface area contributed by atoms with Gasteiger partial charge in [-0.1, -0.05) is 12.1 Å². The second kappa shape index (κ2) is 7.99. The molecule has 128 valence electrons. The number of nitrogens with zero attached hydrogens (tertiary/aromatic N) is 2. The number of amides is 1. The van der Waals surface area contributed by atoms with Crippen molar-refractivity contribution in [2.24, 2.45) is 5.92 Å². The van der Waals surface area contributed by atoms with Crippen molar-refractivity contribution in [3.05, 3.63) is 29.8 Å². The van der Waals surface area contributed by atoms with Crippen molar-refractivity contribution in [1.29, 1.82) is 0 Å². The summed E-state index contributed by atoms with van der Waals surface area (Å²) in [7, 11) is 1.66. The minimum absolute atomic E-state index is 0. The Bertz CT molecular complexity index is 536. The van der Waals surface area contributed by atoms with E-state index in [2.05, 4.69) is 11.0 Å². The zero-order chi connectivity index (χ0) is 15.5. The SMILES string of the molecule is COc1cccc(CN2CCN(C(=O)C3CC3)CC(O)C2)c1.Cl. The van der Waals surface area contributed by atoms with Crippen LogP contribution in [0.25, 0.3) is 0 Å². The van der Waals surface area contributed by atoms with E-state index in [9.17, 15) is 9.90 Å². The van der Waals surface area contributed by atoms with Crippen molar-refractivity contribution in [3.63, 3.8) is 0 Å². The van der Waals surface area contributed by atoms with Gasteiger partial charge in [0, 0.05) is 38.6 Å². The third-order valence-electron chi connectivity index (χ3n) is 4.36. The number of aliphatic hydroxyl groups excluding tert-OH is 1. The number of aliphatic hydroxyl groups is 1. The summed E-state index contributed by atoms with van der Waals surface area (Å²) >= 11 is 0. The number of benzene rings is 1. The van der Waals surface area contributed by atoms with Crippen LogP contribution in [0, 0.1) is 5.92 Å². The zero-order valence-corrected chi connectivity index (χ0v) is 14.3. The summed E-state index contributed by atoms with van der Waals surface area (Å²) in [4.78, 5) is 16.2. The summed E-state index contributed by atoms with van der Waals surface area (Å²) < 4.78 is 5.25. The largest absolute Gasteiger partial charge is 0.497 e. The fourth-order valence-electron chi connectivity index (χ4n) is 3.02. The maximum atomic E-state index is 12.2. The van der Waals surface area contributed by atoms with Crippen molar-refractivity contribution < 1.29 is 14.6 Å². The van der Waals surface area contributed by atoms with Gasteiger partial charge < -0.3 is 14.7 Å². The van der Waals surface area contributed by atoms with E-state index in [-0.39, 0.29) is 24.2 Å². The van der Waals surface area contributed by atoms with Crippen LogP contribution in [0.4, 0.5) is 0 Å². The van der Waals surface area contributed by atoms with E-state index in [1.54, 1.807) is 7.11 Å². The Morgan fingerprint density at radius 1 is 1.30 bits per heavy atom. The van der Waals surface area contributed by atoms with Gasteiger partial charge in [-0.05, 0) is 30.5 Å². The maximum absolute atomic E-state index is 12.2. The fraction of sp³-hybridized carbons (Fsp3) is 0.588. The van der Waals surface area contributed by atoms with Gasteiger partial charge in [-0.3, -0.25) is 9.69 Å². The molecule has 1 unspecified atom stereocenters. The Labute approximate surface area is 143 Å². The monoisotopic (exact) mass is 340 g/mol. The fourth-order valence-corrected chi connectivity index (χ4v) is 3.02. The predicted molar refractivity (Wildman–Crippen MR) is 90.8 cm³/mol. The second-order valence-electron chi connectivity index (χ2n) is 6.30. The Balaban J connectivity index is 0.00000192. The highest BCUT2D eigenvalue weighted by molar-refractivity contribution is 5.85. The molecule has 1 saturated heterocycles. The smallest absolute Gasteiger partial charge is 0.225 e. The summed E-state index contributed by atoms with van der Waals surface area (Å²) in [5, 5.41) is 10.2. The van der Waals surface area contributed by atoms with Crippen molar-refractivity contribution >= 4 is 18.3 Å². The third-order valence-corrected chi connectivity index (χ3v) is 4.36. The first kappa shape index (κ1) is 18.0. The normalized spacial score (nSPS) is 22.2. The van der Waals surface area contributed by atoms with E-state index >= 15 is 0 Å². The summed E-state index contributed by atoms with van der Waals surface area (Å²) in [5.41, 5.74) is 1.16. The first-order chi connectivity index (χ1) is 10.7. The molecule has 23 heavy (non-hydrogen) atoms. The standard InChI is InChI=1S/C17H24N2O3.ClH/c1-22-16-4-2-3-13(9-16)10-18-7-8-19(12-15(20)11-18)17(21)14-5-6-14;/h2-4,9,14-15,20H,5-8,10-12H2,1H3;1H. The number of methoxy groups -OCH3 is 1. The molecule has 0 bridgehead atoms. The first-order valence-corrected chi connectivity index (χ1v) is 7.98. The van der Waals surface area contributed by atoms with Crippen LogP contribution in [-0.2, 0) is 11.3 Å². The van der Waals surface area contributed by atoms with Gasteiger partial charge in [0.1, 0.15) is 5.75 Å². The number of hydrogen-bond acceptors (Lipinski definition) is 4. The molecular weight excluding hydrogens is 316 g/mol. The highest BCUT2D eigenvalue weighted by Gasteiger charge is 2.35. The molecule has 2 aliphatic rings. The first-order valence-electron chi connectivity index (χ1n) is 7.98. The summed E-state index contributed by atoms with van der Waals surface area (Å²) in [6, 6.07) is 7.99. The van der Waals surface area contributed by atoms with Gasteiger partial charge in [-0.2, -0.15) is 0 Å². The molecule has 1 saturated carbocycles. The van der Waals surface area contributed by atoms with E-state index in [0.717, 1.165) is 37.2 Å². The average Bonchev–Trinajstić information content (AvgIpc) is 3.35. The highest BCUT2D eigenvalue weighted by atomic mass is 35.5. The van der Waals surface area contributed by atoms with Gasteiger partial charge in [-0.15, -0.1) is 12.4 Å². The minimum Gasteiger partial charge on any atom is -0.497 e. The van der Waals surface area contributed by atoms with Crippen LogP contribution in [0.2, 0.25) is 0 Å². The molecule has 6 heteroatoms. The summed E-state index contributed by atoms with van der Waals surface area (Å²) in [6.45, 7) is 3.33. The number of ether oxygens (including phenoxy) is 1. The van der Waals surface area contributed by atoms with Gasteiger partial charge >= 0.3 is 0 Å². The van der Waals surface area contributed by atoms with Crippen molar-refractivity contribution in [3.8, 4) is 5.75 Å². The molecule has 1 atom stereocenters. The molecule has 1 aliphatic heterocycles. The second-order valence-corrected chi connectivity index (χ2v) is 6.30. The lowest BCUT2D eigenvalue weighted by Crippen LogP contribution is -2.38. The van der Waals surface area contributed by atoms with Crippen LogP contribution in [0.15, 0.2) is 24.3 Å². The van der Waals surface area contributed by atoms with Crippen LogP contribution in [0.5, 0.6) is 5.75 Å². The van der Waals surface area contributed by atoms with Crippen molar-refractivity contribution in [2.75, 3.05) is 33.3 Å². The van der Waals surface area contributed by atoms with Gasteiger partial charge in [0.25, 0.3) is 0 Å². The van der Waals surface area contributed by atoms with Crippen LogP contribution in [0.3, 0.4) is 0 Å². The molecule has 1 heterocycles. The maximum Gasteiger partial charge on any atom is 0.225 e. The number of hydrogen-bond donors (Lipinski definition) is 1. The van der Waals surface area contributed by atoms with Crippen molar-refractivity contribution in [2.45, 2.75) is 25.5 Å². The van der Waals surface area contributed by atoms with Crippen LogP contribution >= 0.6 is 12.4 Å². The molecule has 2 fully saturated rings. The Morgan fingerprint density at radius 2 is 2.09 bits per heavy atom. The lowest BCUT2D eigenvalue weighted by atomic mass is 10.2. The van der Waals surface area contributed by atoms with E-state index in [1.165, 1.54) is 0 Å². The zero-order valence-electron chi connectivity index (χ0n) is 13.5. The molecule has 1 aromatic rings. The lowest BCUT2D eigenvalue weighted by Gasteiger charge is -2.22. The molecule has 0 radical (unpaired) electrons. The number of halogens is 1. The predicted octanol–water partition coefficient (Wildman–Crippen LogP) is 1.53. The molecule has 0 spiro atoms. The number of carbonyl (C=O) groups is 1. The van der Waals surface area contributed by atoms with Crippen molar-refractivity contribution in [1.82, 2.24) is 9.80 Å². The van der Waals surface area contributed by atoms with E-state index in [1.807, 2.05) is 23.1 Å². The summed E-state index contributed by atoms with van der Waals surface area (Å²) in [5.74, 6) is 1.29. The van der Waals surface area contributed by atoms with Gasteiger partial charge in [0.2, 0.25) is 5.91 Å². The number of carbonyl (C=O) groups excluding carboxylic acids is 1. The average molecular weight is 341 g/mol. The molecule has 5 nitrogen and oxygen atoms in total. The Kier molecular flexibility index (Phi) is 6.27. The highest BCUT2D eigenvalue weighted by Crippen LogP contribution is 2.31. The molecule has 1 amide bonds. The van der Waals surface area contributed by atoms with Gasteiger partial charge in [0.15, 0.2) is 0 Å². The quantitative estimate of drug-likeness (QED) is 0.903. The number of β-amino-alcohol motifs (C(OH)–C–C–N with tert-alkyl or cyclic N) is 1. The molecule has 3 rings (SSSR count). The number of rotatable bonds is 4. The molecule has 1 aromatic carbocycles. The Hall–Kier alpha value is -1.30. The van der Waals surface area contributed by atoms with Crippen LogP contribution < -0.4 is 4.74 Å². The van der Waals surface area contributed by atoms with Crippen LogP contribution in [-0.4, -0.2) is 60.2 Å². The minimum atomic E-state index is -0.476. The van der Waals surface area contributed by atoms with Crippen LogP contribution in [0.1, 0.15) is 18.4 Å². The van der Waals surface area contributed by atoms with E-state index in [4.69, 9.17) is 4.74 Å². The summed E-state index contributed by atoms with van der Waals surface area (Å²) in [6.07, 6.45) is 1.55. The van der Waals surface area contributed by atoms with E-state index < -0.39 is 6.10 Å².